The van der Waals surface area contributed by atoms with Crippen LogP contribution in [0, 0.1) is 18.3 Å². The number of terminal acetylenes is 1. The van der Waals surface area contributed by atoms with Gasteiger partial charge < -0.3 is 15.8 Å². The van der Waals surface area contributed by atoms with Crippen molar-refractivity contribution in [2.45, 2.75) is 152 Å². The Kier molecular flexibility index (Phi) is 57.2. The number of carbonyl (C=O) groups excluding carboxylic acids is 2. The number of nitrogens with one attached hydrogen (secondary N) is 1. The van der Waals surface area contributed by atoms with Crippen LogP contribution in [0.25, 0.3) is 0 Å². The number of hydrogen-bond donors (Lipinski definition) is 2. The van der Waals surface area contributed by atoms with Gasteiger partial charge in [0.05, 0.1) is 5.41 Å². The van der Waals surface area contributed by atoms with Gasteiger partial charge in [-0.15, -0.1) is 6.42 Å². The molecule has 47 heavy (non-hydrogen) atoms. The molecule has 1 aromatic carbocycles. The molecule has 0 aliphatic heterocycles. The Balaban J connectivity index is -0.000000122. The van der Waals surface area contributed by atoms with Crippen LogP contribution >= 0.6 is 0 Å². The van der Waals surface area contributed by atoms with Crippen molar-refractivity contribution in [3.8, 4) is 12.3 Å². The largest absolute Gasteiger partial charge is 0.333 e. The molecule has 0 radical (unpaired) electrons. The van der Waals surface area contributed by atoms with Crippen LogP contribution in [0.1, 0.15) is 152 Å². The fourth-order valence-corrected chi connectivity index (χ4v) is 4.32. The summed E-state index contributed by atoms with van der Waals surface area (Å²) in [6, 6.07) is 10.1. The number of ketones is 1. The molecular weight excluding hydrogens is 578 g/mol. The molecule has 5 nitrogen and oxygen atoms in total. The summed E-state index contributed by atoms with van der Waals surface area (Å²) in [5, 5.41) is 3.14. The highest BCUT2D eigenvalue weighted by molar-refractivity contribution is 5.87. The van der Waals surface area contributed by atoms with Crippen LogP contribution in [-0.4, -0.2) is 38.9 Å². The lowest BCUT2D eigenvalue weighted by molar-refractivity contribution is -0.122. The summed E-state index contributed by atoms with van der Waals surface area (Å²) >= 11 is 0. The van der Waals surface area contributed by atoms with E-state index in [0.717, 1.165) is 50.1 Å². The minimum absolute atomic E-state index is 0.258. The number of nitrogens with zero attached hydrogens (tertiary/aromatic N) is 1. The molecule has 3 N–H and O–H groups in total. The molecule has 1 rings (SSSR count). The molecule has 0 saturated carbocycles. The molecule has 274 valence electrons. The van der Waals surface area contributed by atoms with E-state index >= 15 is 0 Å². The smallest absolute Gasteiger partial charge is 0.140 e. The summed E-state index contributed by atoms with van der Waals surface area (Å²) in [5.41, 5.74) is 7.77. The predicted octanol–water partition coefficient (Wildman–Crippen LogP) is 11.3. The second-order valence-corrected chi connectivity index (χ2v) is 10.8. The average molecular weight is 658 g/mol. The van der Waals surface area contributed by atoms with E-state index < -0.39 is 0 Å². The minimum Gasteiger partial charge on any atom is -0.333 e. The zero-order chi connectivity index (χ0) is 37.9. The van der Waals surface area contributed by atoms with E-state index in [2.05, 4.69) is 109 Å². The van der Waals surface area contributed by atoms with Crippen molar-refractivity contribution in [1.29, 1.82) is 0 Å². The van der Waals surface area contributed by atoms with Gasteiger partial charge in [0.25, 0.3) is 0 Å². The molecule has 0 fully saturated rings. The van der Waals surface area contributed by atoms with E-state index in [1.807, 2.05) is 45.9 Å². The Labute approximate surface area is 294 Å². The standard InChI is InChI=1S/C15H23NO.C10H19N.C9H20.C4H4.C2H6.CH5N.CH2O/c1-13(17)15(2,11-7-8-12-16-3)14-9-5-4-6-10-14;1-5-8-10(7-3)11-9(4)6-2;1-4-7-9(6-3)8-5-2;1-3-4-2;3*1-2/h4-6,9-10,16H,7-8,11-12H2,1-3H3;7H,5-6,8H2,1-4H3;9H,4-8H2,1-3H3;1,4H,2H2;1-2H3;2H2,1H3;1H2/b;10-7-,11-9?;;;;;. The molecule has 0 aliphatic rings. The number of nitrogens with two attached hydrogens (primary N) is 1. The van der Waals surface area contributed by atoms with Gasteiger partial charge in [0.2, 0.25) is 0 Å². The Hall–Kier alpha value is -2.81. The lowest BCUT2D eigenvalue weighted by atomic mass is 9.75. The molecule has 1 aromatic rings. The van der Waals surface area contributed by atoms with E-state index in [4.69, 9.17) is 4.79 Å². The maximum atomic E-state index is 11.9. The van der Waals surface area contributed by atoms with E-state index in [9.17, 15) is 4.79 Å². The molecule has 0 bridgehead atoms. The number of aliphatic imine (C=N–C) groups is 1. The second-order valence-electron chi connectivity index (χ2n) is 10.8. The van der Waals surface area contributed by atoms with Crippen molar-refractivity contribution in [2.75, 3.05) is 20.6 Å². The number of hydrogen-bond acceptors (Lipinski definition) is 5. The maximum absolute atomic E-state index is 11.9. The van der Waals surface area contributed by atoms with Gasteiger partial charge in [-0.2, -0.15) is 0 Å². The SMILES string of the molecule is C#CC=C.C/C=C(/CCC)N=C(C)CC.C=O.CC.CCCC(CC)CCC.CN.CNCCCCC(C)(C(C)=O)c1ccccc1. The maximum Gasteiger partial charge on any atom is 0.140 e. The number of rotatable bonds is 16. The quantitative estimate of drug-likeness (QED) is 0.105. The van der Waals surface area contributed by atoms with Gasteiger partial charge in [0.1, 0.15) is 12.6 Å². The summed E-state index contributed by atoms with van der Waals surface area (Å²) in [6.45, 7) is 29.3. The average Bonchev–Trinajstić information content (AvgIpc) is 3.13. The summed E-state index contributed by atoms with van der Waals surface area (Å²) < 4.78 is 0. The number of allylic oxidation sites excluding steroid dienone is 3. The van der Waals surface area contributed by atoms with Crippen molar-refractivity contribution in [1.82, 2.24) is 5.32 Å². The molecule has 0 aliphatic carbocycles. The van der Waals surface area contributed by atoms with E-state index in [0.29, 0.717) is 0 Å². The summed E-state index contributed by atoms with van der Waals surface area (Å²) in [6.07, 6.45) is 21.6. The highest BCUT2D eigenvalue weighted by atomic mass is 16.1. The number of carbonyl (C=O) groups is 2. The third-order valence-corrected chi connectivity index (χ3v) is 7.32. The lowest BCUT2D eigenvalue weighted by Crippen LogP contribution is -2.30. The van der Waals surface area contributed by atoms with Crippen molar-refractivity contribution >= 4 is 18.3 Å². The number of unbranched alkanes of at least 4 members (excludes halogenated alkanes) is 1. The highest BCUT2D eigenvalue weighted by Gasteiger charge is 2.30. The Morgan fingerprint density at radius 3 is 1.81 bits per heavy atom. The van der Waals surface area contributed by atoms with Gasteiger partial charge >= 0.3 is 0 Å². The molecule has 0 amide bonds. The first-order chi connectivity index (χ1) is 22.6. The van der Waals surface area contributed by atoms with Gasteiger partial charge in [-0.1, -0.05) is 142 Å². The van der Waals surface area contributed by atoms with E-state index in [-0.39, 0.29) is 11.2 Å². The topological polar surface area (TPSA) is 84.6 Å². The first kappa shape index (κ1) is 56.5. The monoisotopic (exact) mass is 658 g/mol. The minimum atomic E-state index is -0.324. The van der Waals surface area contributed by atoms with Crippen molar-refractivity contribution < 1.29 is 9.59 Å². The molecule has 0 heterocycles. The Morgan fingerprint density at radius 2 is 1.49 bits per heavy atom. The van der Waals surface area contributed by atoms with Gasteiger partial charge in [0.15, 0.2) is 0 Å². The van der Waals surface area contributed by atoms with Gasteiger partial charge in [-0.3, -0.25) is 9.79 Å². The number of benzene rings is 1. The van der Waals surface area contributed by atoms with Crippen LogP contribution in [-0.2, 0) is 15.0 Å². The van der Waals surface area contributed by atoms with Crippen molar-refractivity contribution in [2.24, 2.45) is 16.6 Å². The molecule has 0 aromatic heterocycles. The third-order valence-electron chi connectivity index (χ3n) is 7.32. The molecule has 0 spiro atoms. The van der Waals surface area contributed by atoms with E-state index in [1.165, 1.54) is 63.1 Å². The predicted molar refractivity (Wildman–Crippen MR) is 216 cm³/mol. The highest BCUT2D eigenvalue weighted by Crippen LogP contribution is 2.30. The number of Topliss-reactive ketones (excluding diaryl/α,β-unsaturated/α-hetero) is 1. The van der Waals surface area contributed by atoms with Crippen LogP contribution in [0.4, 0.5) is 0 Å². The van der Waals surface area contributed by atoms with E-state index in [1.54, 1.807) is 6.92 Å². The molecular formula is C42H79N3O2. The summed E-state index contributed by atoms with van der Waals surface area (Å²) in [5.74, 6) is 3.47. The Bertz CT molecular complexity index is 866. The fraction of sp³-hybridized carbons (Fsp3) is 0.643. The first-order valence-corrected chi connectivity index (χ1v) is 18.0. The lowest BCUT2D eigenvalue weighted by Gasteiger charge is -2.27. The van der Waals surface area contributed by atoms with Crippen LogP contribution in [0.5, 0.6) is 0 Å². The molecule has 1 unspecified atom stereocenters. The zero-order valence-electron chi connectivity index (χ0n) is 33.4. The van der Waals surface area contributed by atoms with Gasteiger partial charge in [-0.25, -0.2) is 0 Å². The Morgan fingerprint density at radius 1 is 1.00 bits per heavy atom. The van der Waals surface area contributed by atoms with Crippen LogP contribution in [0.3, 0.4) is 0 Å². The van der Waals surface area contributed by atoms with Gasteiger partial charge in [-0.05, 0) is 91.6 Å². The normalized spacial score (nSPS) is 11.1. The fourth-order valence-electron chi connectivity index (χ4n) is 4.32. The third kappa shape index (κ3) is 37.5. The van der Waals surface area contributed by atoms with Crippen molar-refractivity contribution in [3.63, 3.8) is 0 Å². The van der Waals surface area contributed by atoms with Crippen LogP contribution in [0.15, 0.2) is 59.8 Å². The molecule has 1 atom stereocenters. The zero-order valence-corrected chi connectivity index (χ0v) is 33.4. The van der Waals surface area contributed by atoms with Gasteiger partial charge in [0, 0.05) is 11.4 Å². The first-order valence-electron chi connectivity index (χ1n) is 18.0. The second kappa shape index (κ2) is 47.6. The molecule has 5 heteroatoms. The van der Waals surface area contributed by atoms with Crippen LogP contribution in [0.2, 0.25) is 0 Å². The summed E-state index contributed by atoms with van der Waals surface area (Å²) in [4.78, 5) is 24.4. The van der Waals surface area contributed by atoms with Crippen molar-refractivity contribution in [3.05, 3.63) is 60.3 Å². The summed E-state index contributed by atoms with van der Waals surface area (Å²) in [7, 11) is 3.46. The molecule has 0 saturated heterocycles. The van der Waals surface area contributed by atoms with Crippen LogP contribution < -0.4 is 11.1 Å².